The van der Waals surface area contributed by atoms with Crippen LogP contribution in [0.4, 0.5) is 5.69 Å². The number of hydrogen-bond donors (Lipinski definition) is 2. The average Bonchev–Trinajstić information content (AvgIpc) is 3.47. The predicted octanol–water partition coefficient (Wildman–Crippen LogP) is 2.36. The van der Waals surface area contributed by atoms with Crippen LogP contribution in [0.25, 0.3) is 22.3 Å². The summed E-state index contributed by atoms with van der Waals surface area (Å²) >= 11 is 0. The monoisotopic (exact) mass is 476 g/mol. The van der Waals surface area contributed by atoms with Gasteiger partial charge in [0, 0.05) is 56.3 Å². The van der Waals surface area contributed by atoms with Crippen LogP contribution in [0.2, 0.25) is 0 Å². The highest BCUT2D eigenvalue weighted by Gasteiger charge is 2.30. The molecule has 3 aromatic rings. The molecule has 2 aromatic heterocycles. The number of aromatic nitrogens is 3. The lowest BCUT2D eigenvalue weighted by Gasteiger charge is -2.43. The van der Waals surface area contributed by atoms with E-state index in [9.17, 15) is 4.79 Å². The molecular weight excluding hydrogens is 444 g/mol. The highest BCUT2D eigenvalue weighted by atomic mass is 16.5. The van der Waals surface area contributed by atoms with Crippen LogP contribution >= 0.6 is 0 Å². The molecule has 3 aliphatic rings. The second-order valence-corrected chi connectivity index (χ2v) is 9.92. The Morgan fingerprint density at radius 2 is 2.00 bits per heavy atom. The predicted molar refractivity (Wildman–Crippen MR) is 134 cm³/mol. The van der Waals surface area contributed by atoms with Crippen LogP contribution in [0.1, 0.15) is 18.9 Å². The fraction of sp³-hybridized carbons (Fsp3) is 0.500. The number of aryl methyl sites for hydroxylation is 1. The van der Waals surface area contributed by atoms with E-state index in [2.05, 4.69) is 50.2 Å². The molecule has 3 fully saturated rings. The molecule has 5 heterocycles. The number of nitrogens with zero attached hydrogens (tertiary/aromatic N) is 4. The minimum absolute atomic E-state index is 0.0751. The molecule has 1 aromatic carbocycles. The molecule has 6 rings (SSSR count). The standard InChI is InChI=1S/C26H32N6O3/c1-16-9-18(3-4-23(16)32-7-5-31(6-8-32)20-13-34-14-20)21-11-22-25(29-15-28-22)26(30-21)35-17(2)19-10-24(33)27-12-19/h3-4,9,11,15,17,19-20H,5-8,10,12-14H2,1-2H3,(H,27,33)(H,28,29)/t17-,19-/m1/s1. The van der Waals surface area contributed by atoms with Gasteiger partial charge in [-0.15, -0.1) is 0 Å². The van der Waals surface area contributed by atoms with Gasteiger partial charge in [0.1, 0.15) is 6.10 Å². The van der Waals surface area contributed by atoms with Gasteiger partial charge in [0.25, 0.3) is 0 Å². The van der Waals surface area contributed by atoms with E-state index in [1.54, 1.807) is 6.33 Å². The minimum Gasteiger partial charge on any atom is -0.473 e. The largest absolute Gasteiger partial charge is 0.473 e. The quantitative estimate of drug-likeness (QED) is 0.564. The number of benzene rings is 1. The fourth-order valence-electron chi connectivity index (χ4n) is 5.31. The van der Waals surface area contributed by atoms with Crippen LogP contribution in [0.3, 0.4) is 0 Å². The number of ether oxygens (including phenoxy) is 2. The first-order valence-corrected chi connectivity index (χ1v) is 12.5. The van der Waals surface area contributed by atoms with Crippen molar-refractivity contribution in [1.29, 1.82) is 0 Å². The van der Waals surface area contributed by atoms with E-state index >= 15 is 0 Å². The summed E-state index contributed by atoms with van der Waals surface area (Å²) in [5.74, 6) is 0.704. The van der Waals surface area contributed by atoms with Crippen molar-refractivity contribution in [2.24, 2.45) is 5.92 Å². The van der Waals surface area contributed by atoms with Crippen LogP contribution in [0.15, 0.2) is 30.6 Å². The highest BCUT2D eigenvalue weighted by Crippen LogP contribution is 2.32. The van der Waals surface area contributed by atoms with E-state index in [4.69, 9.17) is 14.5 Å². The van der Waals surface area contributed by atoms with Crippen molar-refractivity contribution in [2.75, 3.05) is 50.8 Å². The van der Waals surface area contributed by atoms with Crippen molar-refractivity contribution >= 4 is 22.6 Å². The van der Waals surface area contributed by atoms with Crippen molar-refractivity contribution in [3.63, 3.8) is 0 Å². The zero-order chi connectivity index (χ0) is 23.9. The molecule has 0 spiro atoms. The molecule has 0 aliphatic carbocycles. The zero-order valence-corrected chi connectivity index (χ0v) is 20.3. The van der Waals surface area contributed by atoms with Gasteiger partial charge in [0.05, 0.1) is 36.8 Å². The van der Waals surface area contributed by atoms with Crippen molar-refractivity contribution in [2.45, 2.75) is 32.4 Å². The Bertz CT molecular complexity index is 1230. The molecule has 3 aliphatic heterocycles. The maximum absolute atomic E-state index is 11.6. The van der Waals surface area contributed by atoms with Crippen molar-refractivity contribution in [3.05, 3.63) is 36.2 Å². The number of rotatable bonds is 6. The van der Waals surface area contributed by atoms with Gasteiger partial charge in [-0.1, -0.05) is 6.07 Å². The number of fused-ring (bicyclic) bond motifs is 1. The second-order valence-electron chi connectivity index (χ2n) is 9.92. The van der Waals surface area contributed by atoms with Crippen LogP contribution in [-0.4, -0.2) is 83.8 Å². The number of imidazole rings is 1. The Labute approximate surface area is 204 Å². The number of nitrogens with one attached hydrogen (secondary N) is 2. The number of aromatic amines is 1. The first-order chi connectivity index (χ1) is 17.0. The molecule has 9 nitrogen and oxygen atoms in total. The number of H-pyrrole nitrogens is 1. The number of amides is 1. The number of carbonyl (C=O) groups excluding carboxylic acids is 1. The molecule has 2 atom stereocenters. The van der Waals surface area contributed by atoms with Crippen molar-refractivity contribution in [3.8, 4) is 17.1 Å². The molecule has 9 heteroatoms. The molecule has 0 unspecified atom stereocenters. The summed E-state index contributed by atoms with van der Waals surface area (Å²) in [6, 6.07) is 9.19. The molecule has 3 saturated heterocycles. The van der Waals surface area contributed by atoms with E-state index in [0.717, 1.165) is 56.2 Å². The zero-order valence-electron chi connectivity index (χ0n) is 20.3. The lowest BCUT2D eigenvalue weighted by atomic mass is 10.0. The third-order valence-electron chi connectivity index (χ3n) is 7.63. The maximum Gasteiger partial charge on any atom is 0.243 e. The summed E-state index contributed by atoms with van der Waals surface area (Å²) < 4.78 is 11.6. The van der Waals surface area contributed by atoms with Crippen LogP contribution in [-0.2, 0) is 9.53 Å². The third-order valence-corrected chi connectivity index (χ3v) is 7.63. The molecule has 35 heavy (non-hydrogen) atoms. The number of carbonyl (C=O) groups is 1. The number of anilines is 1. The van der Waals surface area contributed by atoms with Gasteiger partial charge in [0.2, 0.25) is 11.8 Å². The topological polar surface area (TPSA) is 95.6 Å². The van der Waals surface area contributed by atoms with E-state index in [0.29, 0.717) is 30.4 Å². The fourth-order valence-corrected chi connectivity index (χ4v) is 5.31. The first kappa shape index (κ1) is 22.3. The number of piperazine rings is 1. The molecule has 0 saturated carbocycles. The molecule has 2 N–H and O–H groups in total. The summed E-state index contributed by atoms with van der Waals surface area (Å²) in [6.07, 6.45) is 2.00. The number of pyridine rings is 1. The Morgan fingerprint density at radius 1 is 1.17 bits per heavy atom. The van der Waals surface area contributed by atoms with Gasteiger partial charge in [-0.05, 0) is 37.6 Å². The summed E-state index contributed by atoms with van der Waals surface area (Å²) in [7, 11) is 0. The molecular formula is C26H32N6O3. The van der Waals surface area contributed by atoms with Gasteiger partial charge < -0.3 is 24.7 Å². The Hall–Kier alpha value is -3.17. The van der Waals surface area contributed by atoms with Crippen LogP contribution < -0.4 is 15.0 Å². The summed E-state index contributed by atoms with van der Waals surface area (Å²) in [6.45, 7) is 10.8. The van der Waals surface area contributed by atoms with Gasteiger partial charge in [-0.25, -0.2) is 9.97 Å². The second kappa shape index (κ2) is 9.13. The molecule has 0 bridgehead atoms. The summed E-state index contributed by atoms with van der Waals surface area (Å²) in [4.78, 5) is 29.2. The van der Waals surface area contributed by atoms with Gasteiger partial charge in [-0.2, -0.15) is 0 Å². The first-order valence-electron chi connectivity index (χ1n) is 12.5. The maximum atomic E-state index is 11.6. The normalized spacial score (nSPS) is 22.3. The summed E-state index contributed by atoms with van der Waals surface area (Å²) in [5.41, 5.74) is 6.00. The molecule has 1 amide bonds. The highest BCUT2D eigenvalue weighted by molar-refractivity contribution is 5.84. The lowest BCUT2D eigenvalue weighted by molar-refractivity contribution is -0.119. The average molecular weight is 477 g/mol. The van der Waals surface area contributed by atoms with Gasteiger partial charge in [-0.3, -0.25) is 9.69 Å². The smallest absolute Gasteiger partial charge is 0.243 e. The number of hydrogen-bond acceptors (Lipinski definition) is 7. The Morgan fingerprint density at radius 3 is 2.69 bits per heavy atom. The van der Waals surface area contributed by atoms with E-state index in [-0.39, 0.29) is 17.9 Å². The van der Waals surface area contributed by atoms with Crippen LogP contribution in [0, 0.1) is 12.8 Å². The molecule has 0 radical (unpaired) electrons. The van der Waals surface area contributed by atoms with Gasteiger partial charge >= 0.3 is 0 Å². The van der Waals surface area contributed by atoms with Gasteiger partial charge in [0.15, 0.2) is 5.52 Å². The summed E-state index contributed by atoms with van der Waals surface area (Å²) in [5, 5.41) is 2.88. The van der Waals surface area contributed by atoms with E-state index in [1.807, 2.05) is 13.0 Å². The lowest BCUT2D eigenvalue weighted by Crippen LogP contribution is -2.56. The van der Waals surface area contributed by atoms with Crippen molar-refractivity contribution < 1.29 is 14.3 Å². The van der Waals surface area contributed by atoms with E-state index in [1.165, 1.54) is 11.3 Å². The van der Waals surface area contributed by atoms with E-state index < -0.39 is 0 Å². The SMILES string of the molecule is Cc1cc(-c2cc3[nH]cnc3c(O[C@H](C)[C@H]3CNC(=O)C3)n2)ccc1N1CCN(C2COC2)CC1. The van der Waals surface area contributed by atoms with Crippen LogP contribution in [0.5, 0.6) is 5.88 Å². The molecule has 184 valence electrons. The minimum atomic E-state index is -0.147. The third kappa shape index (κ3) is 4.34. The van der Waals surface area contributed by atoms with Crippen molar-refractivity contribution in [1.82, 2.24) is 25.2 Å². The Kier molecular flexibility index (Phi) is 5.82. The Balaban J connectivity index is 1.22.